The maximum Gasteiger partial charge on any atom is 0.0619 e. The molecule has 0 spiro atoms. The van der Waals surface area contributed by atoms with E-state index in [2.05, 4.69) is 159 Å². The Morgan fingerprint density at radius 3 is 1.79 bits per heavy atom. The van der Waals surface area contributed by atoms with Crippen molar-refractivity contribution in [1.29, 1.82) is 0 Å². The van der Waals surface area contributed by atoms with Gasteiger partial charge in [-0.15, -0.1) is 0 Å². The molecule has 204 valence electrons. The highest BCUT2D eigenvalue weighted by Crippen LogP contribution is 2.51. The molecule has 1 aliphatic carbocycles. The number of aromatic nitrogens is 1. The zero-order chi connectivity index (χ0) is 28.9. The van der Waals surface area contributed by atoms with Crippen molar-refractivity contribution in [2.45, 2.75) is 26.2 Å². The Hall–Kier alpha value is -5.14. The molecule has 1 heteroatoms. The summed E-state index contributed by atoms with van der Waals surface area (Å²) in [7, 11) is 0. The monoisotopic (exact) mass is 549 g/mol. The molecule has 0 bridgehead atoms. The Bertz CT molecular complexity index is 2380. The molecule has 1 aliphatic rings. The smallest absolute Gasteiger partial charge is 0.0619 e. The van der Waals surface area contributed by atoms with E-state index in [0.29, 0.717) is 0 Å². The summed E-state index contributed by atoms with van der Waals surface area (Å²) in [5.74, 6) is 0. The first-order valence-electron chi connectivity index (χ1n) is 15.2. The molecule has 0 fully saturated rings. The van der Waals surface area contributed by atoms with Gasteiger partial charge in [-0.2, -0.15) is 0 Å². The molecule has 0 unspecified atom stereocenters. The van der Waals surface area contributed by atoms with Crippen molar-refractivity contribution in [1.82, 2.24) is 4.57 Å². The van der Waals surface area contributed by atoms with E-state index in [-0.39, 0.29) is 5.41 Å². The van der Waals surface area contributed by atoms with Crippen LogP contribution >= 0.6 is 0 Å². The number of nitrogens with zero attached hydrogens (tertiary/aromatic N) is 1. The number of para-hydroxylation sites is 2. The minimum Gasteiger partial charge on any atom is -0.308 e. The van der Waals surface area contributed by atoms with E-state index in [1.54, 1.807) is 0 Å². The van der Waals surface area contributed by atoms with Gasteiger partial charge in [-0.25, -0.2) is 0 Å². The van der Waals surface area contributed by atoms with E-state index in [4.69, 9.17) is 0 Å². The topological polar surface area (TPSA) is 4.93 Å². The van der Waals surface area contributed by atoms with Crippen LogP contribution in [0.5, 0.6) is 0 Å². The molecule has 0 aliphatic heterocycles. The largest absolute Gasteiger partial charge is 0.308 e. The zero-order valence-electron chi connectivity index (χ0n) is 24.6. The van der Waals surface area contributed by atoms with Crippen LogP contribution in [0.15, 0.2) is 133 Å². The van der Waals surface area contributed by atoms with Crippen molar-refractivity contribution in [2.24, 2.45) is 0 Å². The predicted octanol–water partition coefficient (Wildman–Crippen LogP) is 11.4. The van der Waals surface area contributed by atoms with Gasteiger partial charge >= 0.3 is 0 Å². The molecule has 0 atom stereocenters. The van der Waals surface area contributed by atoms with Crippen molar-refractivity contribution in [3.63, 3.8) is 0 Å². The SMILES string of the molecule is Cc1ccc2c(-n3c4ccccc4c4ccccc43)c3ccccc3c(-c3ccc4c(c3)C(C)(C)c3ccccc3-4)c2c1. The summed E-state index contributed by atoms with van der Waals surface area (Å²) in [5.41, 5.74) is 13.1. The van der Waals surface area contributed by atoms with Gasteiger partial charge in [0.15, 0.2) is 0 Å². The third-order valence-corrected chi connectivity index (χ3v) is 9.83. The lowest BCUT2D eigenvalue weighted by atomic mass is 9.81. The van der Waals surface area contributed by atoms with Gasteiger partial charge < -0.3 is 4.57 Å². The molecular weight excluding hydrogens is 518 g/mol. The molecule has 0 saturated heterocycles. The molecule has 0 radical (unpaired) electrons. The lowest BCUT2D eigenvalue weighted by Crippen LogP contribution is -2.14. The minimum absolute atomic E-state index is 0.0492. The van der Waals surface area contributed by atoms with Gasteiger partial charge in [-0.05, 0) is 69.3 Å². The van der Waals surface area contributed by atoms with Crippen LogP contribution in [0.1, 0.15) is 30.5 Å². The van der Waals surface area contributed by atoms with Crippen molar-refractivity contribution >= 4 is 43.4 Å². The van der Waals surface area contributed by atoms with E-state index >= 15 is 0 Å². The number of benzene rings is 7. The summed E-state index contributed by atoms with van der Waals surface area (Å²) in [6, 6.07) is 49.7. The van der Waals surface area contributed by atoms with Gasteiger partial charge in [0.2, 0.25) is 0 Å². The maximum absolute atomic E-state index is 2.50. The Balaban J connectivity index is 1.42. The van der Waals surface area contributed by atoms with Crippen molar-refractivity contribution < 1.29 is 0 Å². The summed E-state index contributed by atoms with van der Waals surface area (Å²) in [6.45, 7) is 6.95. The first kappa shape index (κ1) is 24.5. The summed E-state index contributed by atoms with van der Waals surface area (Å²) in [4.78, 5) is 0. The number of hydrogen-bond donors (Lipinski definition) is 0. The van der Waals surface area contributed by atoms with Gasteiger partial charge in [0.1, 0.15) is 0 Å². The molecule has 0 amide bonds. The molecule has 1 heterocycles. The van der Waals surface area contributed by atoms with Gasteiger partial charge in [0.05, 0.1) is 16.7 Å². The van der Waals surface area contributed by atoms with Crippen molar-refractivity contribution in [3.05, 3.63) is 150 Å². The predicted molar refractivity (Wildman–Crippen MR) is 184 cm³/mol. The highest BCUT2D eigenvalue weighted by Gasteiger charge is 2.35. The Morgan fingerprint density at radius 1 is 0.465 bits per heavy atom. The van der Waals surface area contributed by atoms with Gasteiger partial charge in [-0.3, -0.25) is 0 Å². The van der Waals surface area contributed by atoms with Crippen LogP contribution in [-0.2, 0) is 5.41 Å². The molecular formula is C42H31N. The average Bonchev–Trinajstić information content (AvgIpc) is 3.48. The molecule has 9 rings (SSSR count). The highest BCUT2D eigenvalue weighted by molar-refractivity contribution is 6.21. The third kappa shape index (κ3) is 3.28. The number of aryl methyl sites for hydroxylation is 1. The molecule has 8 aromatic rings. The first-order valence-corrected chi connectivity index (χ1v) is 15.2. The molecule has 7 aromatic carbocycles. The highest BCUT2D eigenvalue weighted by atomic mass is 15.0. The quantitative estimate of drug-likeness (QED) is 0.189. The summed E-state index contributed by atoms with van der Waals surface area (Å²) < 4.78 is 2.50. The standard InChI is InChI=1S/C42H31N/c1-26-20-22-34-35(24-26)40(27-21-23-29-28-12-6-9-17-36(28)42(2,3)37(29)25-27)32-15-4-5-16-33(32)41(34)43-38-18-10-7-13-30(38)31-14-8-11-19-39(31)43/h4-25H,1-3H3. The second kappa shape index (κ2) is 8.69. The van der Waals surface area contributed by atoms with Crippen LogP contribution in [0.2, 0.25) is 0 Å². The summed E-state index contributed by atoms with van der Waals surface area (Å²) in [6.07, 6.45) is 0. The van der Waals surface area contributed by atoms with Crippen LogP contribution in [-0.4, -0.2) is 4.57 Å². The van der Waals surface area contributed by atoms with Crippen molar-refractivity contribution in [2.75, 3.05) is 0 Å². The second-order valence-electron chi connectivity index (χ2n) is 12.6. The van der Waals surface area contributed by atoms with Crippen LogP contribution < -0.4 is 0 Å². The number of rotatable bonds is 2. The van der Waals surface area contributed by atoms with Crippen molar-refractivity contribution in [3.8, 4) is 27.9 Å². The normalized spacial score (nSPS) is 13.7. The van der Waals surface area contributed by atoms with E-state index in [1.807, 2.05) is 0 Å². The van der Waals surface area contributed by atoms with Crippen LogP contribution in [0, 0.1) is 6.92 Å². The molecule has 1 aromatic heterocycles. The third-order valence-electron chi connectivity index (χ3n) is 9.83. The Morgan fingerprint density at radius 2 is 1.05 bits per heavy atom. The van der Waals surface area contributed by atoms with E-state index in [1.165, 1.54) is 88.0 Å². The average molecular weight is 550 g/mol. The molecule has 0 N–H and O–H groups in total. The lowest BCUT2D eigenvalue weighted by molar-refractivity contribution is 0.660. The fourth-order valence-corrected chi connectivity index (χ4v) is 7.84. The molecule has 0 saturated carbocycles. The first-order chi connectivity index (χ1) is 21.0. The van der Waals surface area contributed by atoms with E-state index in [9.17, 15) is 0 Å². The van der Waals surface area contributed by atoms with Gasteiger partial charge in [-0.1, -0.05) is 135 Å². The maximum atomic E-state index is 2.50. The number of fused-ring (bicyclic) bond motifs is 8. The molecule has 43 heavy (non-hydrogen) atoms. The van der Waals surface area contributed by atoms with E-state index in [0.717, 1.165) is 0 Å². The van der Waals surface area contributed by atoms with Crippen LogP contribution in [0.4, 0.5) is 0 Å². The second-order valence-corrected chi connectivity index (χ2v) is 12.6. The summed E-state index contributed by atoms with van der Waals surface area (Å²) in [5, 5.41) is 7.69. The number of hydrogen-bond acceptors (Lipinski definition) is 0. The summed E-state index contributed by atoms with van der Waals surface area (Å²) >= 11 is 0. The molecule has 1 nitrogen and oxygen atoms in total. The van der Waals surface area contributed by atoms with Crippen LogP contribution in [0.25, 0.3) is 71.3 Å². The minimum atomic E-state index is -0.0492. The van der Waals surface area contributed by atoms with E-state index < -0.39 is 0 Å². The fourth-order valence-electron chi connectivity index (χ4n) is 7.84. The Kier molecular flexibility index (Phi) is 4.94. The van der Waals surface area contributed by atoms with Gasteiger partial charge in [0, 0.05) is 27.0 Å². The lowest BCUT2D eigenvalue weighted by Gasteiger charge is -2.23. The fraction of sp³-hybridized carbons (Fsp3) is 0.0952. The van der Waals surface area contributed by atoms with Gasteiger partial charge in [0.25, 0.3) is 0 Å². The Labute approximate surface area is 251 Å². The van der Waals surface area contributed by atoms with Crippen LogP contribution in [0.3, 0.4) is 0 Å². The zero-order valence-corrected chi connectivity index (χ0v) is 24.6.